The molecular weight excluding hydrogens is 246 g/mol. The van der Waals surface area contributed by atoms with Gasteiger partial charge >= 0.3 is 0 Å². The van der Waals surface area contributed by atoms with E-state index in [-0.39, 0.29) is 0 Å². The van der Waals surface area contributed by atoms with Crippen LogP contribution >= 0.6 is 0 Å². The summed E-state index contributed by atoms with van der Waals surface area (Å²) in [6, 6.07) is 7.79. The van der Waals surface area contributed by atoms with Crippen molar-refractivity contribution in [2.24, 2.45) is 5.73 Å². The molecule has 0 spiro atoms. The lowest BCUT2D eigenvalue weighted by Gasteiger charge is -2.43. The normalized spacial score (nSPS) is 22.9. The lowest BCUT2D eigenvalue weighted by Crippen LogP contribution is -2.53. The Morgan fingerprint density at radius 3 is 2.35 bits per heavy atom. The number of benzene rings is 1. The maximum atomic E-state index is 6.09. The van der Waals surface area contributed by atoms with Crippen molar-refractivity contribution in [1.29, 1.82) is 0 Å². The Balaban J connectivity index is 2.16. The van der Waals surface area contributed by atoms with E-state index in [0.29, 0.717) is 18.6 Å². The summed E-state index contributed by atoms with van der Waals surface area (Å²) in [5.74, 6) is 0. The van der Waals surface area contributed by atoms with Gasteiger partial charge in [-0.25, -0.2) is 0 Å². The van der Waals surface area contributed by atoms with Crippen LogP contribution in [0.4, 0.5) is 0 Å². The van der Waals surface area contributed by atoms with Crippen molar-refractivity contribution in [3.05, 3.63) is 34.9 Å². The van der Waals surface area contributed by atoms with Crippen LogP contribution in [-0.4, -0.2) is 48.6 Å². The standard InChI is InChI=1S/C17H29N3/c1-5-19-6-7-20(12-15(19)4)17(11-18)16-9-13(2)8-14(3)10-16/h8-10,15,17H,5-7,11-12,18H2,1-4H3. The van der Waals surface area contributed by atoms with Gasteiger partial charge in [0.1, 0.15) is 0 Å². The Kier molecular flexibility index (Phi) is 5.19. The van der Waals surface area contributed by atoms with Gasteiger partial charge in [0.2, 0.25) is 0 Å². The summed E-state index contributed by atoms with van der Waals surface area (Å²) in [6.45, 7) is 14.1. The van der Waals surface area contributed by atoms with Gasteiger partial charge in [0.05, 0.1) is 0 Å². The summed E-state index contributed by atoms with van der Waals surface area (Å²) < 4.78 is 0. The highest BCUT2D eigenvalue weighted by Crippen LogP contribution is 2.25. The summed E-state index contributed by atoms with van der Waals surface area (Å²) in [5, 5.41) is 0. The van der Waals surface area contributed by atoms with Gasteiger partial charge in [-0.1, -0.05) is 36.2 Å². The number of nitrogens with zero attached hydrogens (tertiary/aromatic N) is 2. The number of rotatable bonds is 4. The van der Waals surface area contributed by atoms with Gasteiger partial charge in [-0.15, -0.1) is 0 Å². The molecule has 2 unspecified atom stereocenters. The van der Waals surface area contributed by atoms with Gasteiger partial charge < -0.3 is 5.73 Å². The smallest absolute Gasteiger partial charge is 0.0471 e. The van der Waals surface area contributed by atoms with E-state index < -0.39 is 0 Å². The highest BCUT2D eigenvalue weighted by molar-refractivity contribution is 5.31. The van der Waals surface area contributed by atoms with Crippen molar-refractivity contribution in [3.8, 4) is 0 Å². The second-order valence-electron chi connectivity index (χ2n) is 6.15. The molecule has 0 saturated carbocycles. The van der Waals surface area contributed by atoms with Crippen LogP contribution in [0, 0.1) is 13.8 Å². The Labute approximate surface area is 123 Å². The largest absolute Gasteiger partial charge is 0.329 e. The van der Waals surface area contributed by atoms with Gasteiger partial charge in [-0.05, 0) is 32.9 Å². The maximum absolute atomic E-state index is 6.09. The summed E-state index contributed by atoms with van der Waals surface area (Å²) in [6.07, 6.45) is 0. The van der Waals surface area contributed by atoms with Gasteiger partial charge in [0.15, 0.2) is 0 Å². The molecule has 112 valence electrons. The first kappa shape index (κ1) is 15.5. The molecule has 3 nitrogen and oxygen atoms in total. The van der Waals surface area contributed by atoms with Crippen LogP contribution in [0.2, 0.25) is 0 Å². The minimum atomic E-state index is 0.357. The average Bonchev–Trinajstić information content (AvgIpc) is 2.38. The Morgan fingerprint density at radius 1 is 1.20 bits per heavy atom. The molecular formula is C17H29N3. The molecule has 0 amide bonds. The molecule has 0 aliphatic carbocycles. The van der Waals surface area contributed by atoms with Gasteiger partial charge in [0.25, 0.3) is 0 Å². The van der Waals surface area contributed by atoms with Gasteiger partial charge in [-0.3, -0.25) is 9.80 Å². The quantitative estimate of drug-likeness (QED) is 0.915. The predicted octanol–water partition coefficient (Wildman–Crippen LogP) is 2.33. The molecule has 2 rings (SSSR count). The van der Waals surface area contributed by atoms with Crippen molar-refractivity contribution in [3.63, 3.8) is 0 Å². The molecule has 1 saturated heterocycles. The third-order valence-electron chi connectivity index (χ3n) is 4.50. The van der Waals surface area contributed by atoms with E-state index in [1.54, 1.807) is 0 Å². The van der Waals surface area contributed by atoms with E-state index in [2.05, 4.69) is 55.7 Å². The zero-order valence-corrected chi connectivity index (χ0v) is 13.4. The van der Waals surface area contributed by atoms with Crippen molar-refractivity contribution < 1.29 is 0 Å². The Morgan fingerprint density at radius 2 is 1.85 bits per heavy atom. The Hall–Kier alpha value is -0.900. The van der Waals surface area contributed by atoms with E-state index in [1.807, 2.05) is 0 Å². The monoisotopic (exact) mass is 275 g/mol. The minimum Gasteiger partial charge on any atom is -0.329 e. The summed E-state index contributed by atoms with van der Waals surface area (Å²) in [7, 11) is 0. The molecule has 0 bridgehead atoms. The molecule has 1 aliphatic heterocycles. The lowest BCUT2D eigenvalue weighted by molar-refractivity contribution is 0.0606. The number of hydrogen-bond acceptors (Lipinski definition) is 3. The van der Waals surface area contributed by atoms with Crippen molar-refractivity contribution in [2.75, 3.05) is 32.7 Å². The summed E-state index contributed by atoms with van der Waals surface area (Å²) in [5.41, 5.74) is 10.1. The molecule has 2 atom stereocenters. The minimum absolute atomic E-state index is 0.357. The van der Waals surface area contributed by atoms with E-state index >= 15 is 0 Å². The number of hydrogen-bond donors (Lipinski definition) is 1. The van der Waals surface area contributed by atoms with Crippen molar-refractivity contribution in [1.82, 2.24) is 9.80 Å². The first-order valence-electron chi connectivity index (χ1n) is 7.81. The molecule has 1 aliphatic rings. The van der Waals surface area contributed by atoms with Crippen LogP contribution in [0.15, 0.2) is 18.2 Å². The molecule has 0 aromatic heterocycles. The van der Waals surface area contributed by atoms with Crippen molar-refractivity contribution >= 4 is 0 Å². The molecule has 1 aromatic rings. The van der Waals surface area contributed by atoms with Gasteiger partial charge in [-0.2, -0.15) is 0 Å². The molecule has 3 heteroatoms. The van der Waals surface area contributed by atoms with E-state index in [9.17, 15) is 0 Å². The van der Waals surface area contributed by atoms with Crippen LogP contribution in [0.3, 0.4) is 0 Å². The zero-order chi connectivity index (χ0) is 14.7. The first-order valence-corrected chi connectivity index (χ1v) is 7.81. The molecule has 2 N–H and O–H groups in total. The average molecular weight is 275 g/mol. The van der Waals surface area contributed by atoms with Crippen LogP contribution in [0.25, 0.3) is 0 Å². The van der Waals surface area contributed by atoms with Crippen LogP contribution in [0.1, 0.15) is 36.6 Å². The number of piperazine rings is 1. The fraction of sp³-hybridized carbons (Fsp3) is 0.647. The molecule has 1 heterocycles. The highest BCUT2D eigenvalue weighted by Gasteiger charge is 2.27. The Bertz CT molecular complexity index is 424. The summed E-state index contributed by atoms with van der Waals surface area (Å²) >= 11 is 0. The predicted molar refractivity (Wildman–Crippen MR) is 86.0 cm³/mol. The van der Waals surface area contributed by atoms with Crippen LogP contribution in [0.5, 0.6) is 0 Å². The summed E-state index contributed by atoms with van der Waals surface area (Å²) in [4.78, 5) is 5.11. The van der Waals surface area contributed by atoms with Crippen LogP contribution in [-0.2, 0) is 0 Å². The third kappa shape index (κ3) is 3.40. The highest BCUT2D eigenvalue weighted by atomic mass is 15.3. The van der Waals surface area contributed by atoms with Crippen LogP contribution < -0.4 is 5.73 Å². The molecule has 1 aromatic carbocycles. The number of nitrogens with two attached hydrogens (primary N) is 1. The molecule has 0 radical (unpaired) electrons. The SMILES string of the molecule is CCN1CCN(C(CN)c2cc(C)cc(C)c2)CC1C. The van der Waals surface area contributed by atoms with Gasteiger partial charge in [0, 0.05) is 38.3 Å². The van der Waals surface area contributed by atoms with Crippen molar-refractivity contribution in [2.45, 2.75) is 39.8 Å². The fourth-order valence-electron chi connectivity index (χ4n) is 3.47. The second-order valence-corrected chi connectivity index (χ2v) is 6.15. The molecule has 1 fully saturated rings. The number of likely N-dealkylation sites (N-methyl/N-ethyl adjacent to an activating group) is 1. The molecule has 20 heavy (non-hydrogen) atoms. The lowest BCUT2D eigenvalue weighted by atomic mass is 9.99. The second kappa shape index (κ2) is 6.70. The number of aryl methyl sites for hydroxylation is 2. The first-order chi connectivity index (χ1) is 9.55. The van der Waals surface area contributed by atoms with E-state index in [0.717, 1.165) is 26.2 Å². The van der Waals surface area contributed by atoms with E-state index in [4.69, 9.17) is 5.73 Å². The third-order valence-corrected chi connectivity index (χ3v) is 4.50. The van der Waals surface area contributed by atoms with E-state index in [1.165, 1.54) is 16.7 Å². The topological polar surface area (TPSA) is 32.5 Å². The zero-order valence-electron chi connectivity index (χ0n) is 13.4. The fourth-order valence-corrected chi connectivity index (χ4v) is 3.47. The maximum Gasteiger partial charge on any atom is 0.0471 e.